The van der Waals surface area contributed by atoms with Crippen LogP contribution in [0.5, 0.6) is 0 Å². The Bertz CT molecular complexity index is 529. The Labute approximate surface area is 82.0 Å². The summed E-state index contributed by atoms with van der Waals surface area (Å²) < 4.78 is 0. The van der Waals surface area contributed by atoms with E-state index in [2.05, 4.69) is 6.07 Å². The van der Waals surface area contributed by atoms with Gasteiger partial charge in [0.2, 0.25) is 0 Å². The first kappa shape index (κ1) is 8.29. The van der Waals surface area contributed by atoms with E-state index in [-0.39, 0.29) is 0 Å². The lowest BCUT2D eigenvalue weighted by molar-refractivity contribution is 1.47. The Balaban J connectivity index is 2.84. The van der Waals surface area contributed by atoms with Crippen LogP contribution in [0, 0.1) is 22.7 Å². The van der Waals surface area contributed by atoms with Crippen molar-refractivity contribution in [2.75, 3.05) is 0 Å². The molecule has 2 nitrogen and oxygen atoms in total. The summed E-state index contributed by atoms with van der Waals surface area (Å²) in [6.07, 6.45) is 0. The Morgan fingerprint density at radius 2 is 1.71 bits per heavy atom. The number of hydrogen-bond acceptors (Lipinski definition) is 2. The van der Waals surface area contributed by atoms with Gasteiger partial charge in [-0.15, -0.1) is 0 Å². The first-order valence-corrected chi connectivity index (χ1v) is 4.19. The van der Waals surface area contributed by atoms with Gasteiger partial charge in [0.15, 0.2) is 0 Å². The maximum atomic E-state index is 8.92. The predicted octanol–water partition coefficient (Wildman–Crippen LogP) is 2.53. The lowest BCUT2D eigenvalue weighted by Gasteiger charge is -1.89. The summed E-state index contributed by atoms with van der Waals surface area (Å²) in [5, 5.41) is 17.7. The minimum Gasteiger partial charge on any atom is -0.192 e. The van der Waals surface area contributed by atoms with E-state index in [1.165, 1.54) is 0 Å². The van der Waals surface area contributed by atoms with E-state index in [1.807, 2.05) is 36.4 Å². The fourth-order valence-corrected chi connectivity index (χ4v) is 1.50. The summed E-state index contributed by atoms with van der Waals surface area (Å²) in [5.74, 6) is 0. The summed E-state index contributed by atoms with van der Waals surface area (Å²) in [6.45, 7) is 0. The van der Waals surface area contributed by atoms with Crippen molar-refractivity contribution in [2.45, 2.75) is 0 Å². The highest BCUT2D eigenvalue weighted by molar-refractivity contribution is 5.78. The Hall–Kier alpha value is -2.32. The van der Waals surface area contributed by atoms with Gasteiger partial charge in [-0.1, -0.05) is 30.3 Å². The molecule has 0 bridgehead atoms. The average molecular weight is 178 g/mol. The highest BCUT2D eigenvalue weighted by Gasteiger charge is 2.13. The lowest BCUT2D eigenvalue weighted by Crippen LogP contribution is -1.75. The molecule has 0 amide bonds. The largest absolute Gasteiger partial charge is 0.192 e. The number of hydrogen-bond donors (Lipinski definition) is 0. The van der Waals surface area contributed by atoms with Crippen LogP contribution in [0.4, 0.5) is 0 Å². The minimum absolute atomic E-state index is 0.453. The van der Waals surface area contributed by atoms with Crippen LogP contribution in [0.25, 0.3) is 11.1 Å². The molecule has 0 unspecified atom stereocenters. The lowest BCUT2D eigenvalue weighted by atomic mass is 10.1. The van der Waals surface area contributed by atoms with E-state index in [4.69, 9.17) is 10.5 Å². The second kappa shape index (κ2) is 3.20. The fraction of sp³-hybridized carbons (Fsp3) is 0. The topological polar surface area (TPSA) is 47.6 Å². The number of nitriles is 2. The van der Waals surface area contributed by atoms with Gasteiger partial charge < -0.3 is 0 Å². The molecular formula is C12H6N2. The van der Waals surface area contributed by atoms with Crippen molar-refractivity contribution < 1.29 is 0 Å². The van der Waals surface area contributed by atoms with Crippen LogP contribution in [0.15, 0.2) is 36.4 Å². The Morgan fingerprint density at radius 3 is 2.43 bits per heavy atom. The van der Waals surface area contributed by atoms with Crippen LogP contribution >= 0.6 is 0 Å². The third kappa shape index (κ3) is 1.11. The quantitative estimate of drug-likeness (QED) is 0.622. The minimum atomic E-state index is 0.453. The van der Waals surface area contributed by atoms with E-state index >= 15 is 0 Å². The van der Waals surface area contributed by atoms with Crippen molar-refractivity contribution in [3.8, 4) is 23.3 Å². The highest BCUT2D eigenvalue weighted by atomic mass is 14.3. The van der Waals surface area contributed by atoms with E-state index in [0.29, 0.717) is 11.1 Å². The van der Waals surface area contributed by atoms with Crippen LogP contribution in [0.3, 0.4) is 0 Å². The van der Waals surface area contributed by atoms with Crippen LogP contribution in [0.1, 0.15) is 11.1 Å². The first-order chi connectivity index (χ1) is 6.86. The third-order valence-corrected chi connectivity index (χ3v) is 2.14. The monoisotopic (exact) mass is 178 g/mol. The first-order valence-electron chi connectivity index (χ1n) is 4.19. The van der Waals surface area contributed by atoms with Gasteiger partial charge in [0.25, 0.3) is 0 Å². The van der Waals surface area contributed by atoms with Gasteiger partial charge in [0.1, 0.15) is 12.1 Å². The number of rotatable bonds is 0. The van der Waals surface area contributed by atoms with E-state index < -0.39 is 0 Å². The zero-order valence-electron chi connectivity index (χ0n) is 7.36. The molecule has 2 rings (SSSR count). The molecule has 0 aliphatic heterocycles. The molecule has 2 aliphatic carbocycles. The zero-order valence-corrected chi connectivity index (χ0v) is 7.36. The van der Waals surface area contributed by atoms with Gasteiger partial charge in [0.05, 0.1) is 11.1 Å². The van der Waals surface area contributed by atoms with Gasteiger partial charge >= 0.3 is 0 Å². The molecule has 0 radical (unpaired) electrons. The van der Waals surface area contributed by atoms with Crippen molar-refractivity contribution in [1.29, 1.82) is 10.5 Å². The van der Waals surface area contributed by atoms with Crippen molar-refractivity contribution in [1.82, 2.24) is 0 Å². The van der Waals surface area contributed by atoms with Gasteiger partial charge in [-0.2, -0.15) is 10.5 Å². The van der Waals surface area contributed by atoms with Crippen LogP contribution < -0.4 is 0 Å². The Morgan fingerprint density at radius 1 is 0.929 bits per heavy atom. The van der Waals surface area contributed by atoms with Crippen molar-refractivity contribution in [3.05, 3.63) is 47.5 Å². The predicted molar refractivity (Wildman–Crippen MR) is 52.5 cm³/mol. The summed E-state index contributed by atoms with van der Waals surface area (Å²) in [5.41, 5.74) is 2.70. The van der Waals surface area contributed by atoms with Gasteiger partial charge in [0, 0.05) is 5.56 Å². The fourth-order valence-electron chi connectivity index (χ4n) is 1.50. The molecule has 0 saturated carbocycles. The molecule has 0 heterocycles. The van der Waals surface area contributed by atoms with E-state index in [0.717, 1.165) is 11.1 Å². The van der Waals surface area contributed by atoms with Crippen molar-refractivity contribution in [2.24, 2.45) is 0 Å². The van der Waals surface area contributed by atoms with Crippen molar-refractivity contribution >= 4 is 0 Å². The molecule has 0 fully saturated rings. The molecule has 0 N–H and O–H groups in total. The summed E-state index contributed by atoms with van der Waals surface area (Å²) in [4.78, 5) is 0. The third-order valence-electron chi connectivity index (χ3n) is 2.14. The van der Waals surface area contributed by atoms with Gasteiger partial charge in [-0.3, -0.25) is 0 Å². The standard InChI is InChI=1S/C12H6N2/c13-7-10-6-9-4-2-1-3-5-11(9)12(10)8-14/h1-6H. The smallest absolute Gasteiger partial charge is 0.101 e. The summed E-state index contributed by atoms with van der Waals surface area (Å²) in [7, 11) is 0. The maximum Gasteiger partial charge on any atom is 0.101 e. The highest BCUT2D eigenvalue weighted by Crippen LogP contribution is 2.29. The van der Waals surface area contributed by atoms with Crippen LogP contribution in [-0.2, 0) is 0 Å². The normalized spacial score (nSPS) is 9.29. The number of nitrogens with zero attached hydrogens (tertiary/aromatic N) is 2. The summed E-state index contributed by atoms with van der Waals surface area (Å²) in [6, 6.07) is 15.2. The molecule has 0 aromatic carbocycles. The molecule has 64 valence electrons. The van der Waals surface area contributed by atoms with Crippen LogP contribution in [-0.4, -0.2) is 0 Å². The number of fused-ring (bicyclic) bond motifs is 1. The van der Waals surface area contributed by atoms with E-state index in [9.17, 15) is 0 Å². The average Bonchev–Trinajstić information content (AvgIpc) is 2.39. The second-order valence-corrected chi connectivity index (χ2v) is 2.94. The molecule has 0 aromatic rings. The zero-order chi connectivity index (χ0) is 9.97. The summed E-state index contributed by atoms with van der Waals surface area (Å²) >= 11 is 0. The molecule has 2 heteroatoms. The second-order valence-electron chi connectivity index (χ2n) is 2.94. The maximum absolute atomic E-state index is 8.92. The SMILES string of the molecule is N#Cc1cc2cccccc-2c1C#N. The Kier molecular flexibility index (Phi) is 1.89. The molecular weight excluding hydrogens is 172 g/mol. The molecule has 0 spiro atoms. The molecule has 0 atom stereocenters. The van der Waals surface area contributed by atoms with Gasteiger partial charge in [-0.05, 0) is 11.6 Å². The molecule has 2 aliphatic rings. The molecule has 0 aromatic heterocycles. The molecule has 0 saturated heterocycles. The van der Waals surface area contributed by atoms with Gasteiger partial charge in [-0.25, -0.2) is 0 Å². The van der Waals surface area contributed by atoms with Crippen molar-refractivity contribution in [3.63, 3.8) is 0 Å². The molecule has 14 heavy (non-hydrogen) atoms. The van der Waals surface area contributed by atoms with E-state index in [1.54, 1.807) is 6.07 Å². The van der Waals surface area contributed by atoms with Crippen LogP contribution in [0.2, 0.25) is 0 Å².